The lowest BCUT2D eigenvalue weighted by molar-refractivity contribution is -0.120. The second-order valence-corrected chi connectivity index (χ2v) is 9.17. The van der Waals surface area contributed by atoms with Gasteiger partial charge in [0.15, 0.2) is 5.82 Å². The van der Waals surface area contributed by atoms with Crippen LogP contribution in [0, 0.1) is 6.92 Å². The second-order valence-electron chi connectivity index (χ2n) is 7.19. The highest BCUT2D eigenvalue weighted by molar-refractivity contribution is 7.88. The van der Waals surface area contributed by atoms with Gasteiger partial charge in [-0.2, -0.15) is 4.98 Å². The predicted molar refractivity (Wildman–Crippen MR) is 104 cm³/mol. The summed E-state index contributed by atoms with van der Waals surface area (Å²) in [5, 5.41) is 6.92. The third kappa shape index (κ3) is 5.39. The number of rotatable bonds is 7. The van der Waals surface area contributed by atoms with E-state index in [9.17, 15) is 13.2 Å². The lowest BCUT2D eigenvalue weighted by atomic mass is 9.97. The summed E-state index contributed by atoms with van der Waals surface area (Å²) in [6, 6.07) is 7.82. The number of carbonyl (C=O) groups is 1. The number of nitrogens with one attached hydrogen (secondary N) is 1. The van der Waals surface area contributed by atoms with Crippen LogP contribution in [0.4, 0.5) is 0 Å². The van der Waals surface area contributed by atoms with Gasteiger partial charge in [-0.3, -0.25) is 4.79 Å². The molecular weight excluding hydrogens is 380 g/mol. The molecule has 0 saturated carbocycles. The average Bonchev–Trinajstić information content (AvgIpc) is 3.12. The molecule has 1 aliphatic heterocycles. The quantitative estimate of drug-likeness (QED) is 0.745. The molecule has 1 aromatic carbocycles. The van der Waals surface area contributed by atoms with E-state index in [1.807, 2.05) is 31.2 Å². The van der Waals surface area contributed by atoms with E-state index in [4.69, 9.17) is 4.52 Å². The maximum atomic E-state index is 12.1. The van der Waals surface area contributed by atoms with E-state index in [1.165, 1.54) is 10.6 Å². The molecule has 1 saturated heterocycles. The fourth-order valence-electron chi connectivity index (χ4n) is 3.33. The summed E-state index contributed by atoms with van der Waals surface area (Å²) in [7, 11) is -3.14. The molecule has 28 heavy (non-hydrogen) atoms. The van der Waals surface area contributed by atoms with Crippen molar-refractivity contribution in [3.8, 4) is 0 Å². The van der Waals surface area contributed by atoms with Gasteiger partial charge in [0, 0.05) is 32.0 Å². The molecule has 3 rings (SSSR count). The molecule has 0 radical (unpaired) electrons. The Morgan fingerprint density at radius 2 is 2.00 bits per heavy atom. The Hall–Kier alpha value is -2.26. The summed E-state index contributed by atoms with van der Waals surface area (Å²) in [5.41, 5.74) is 2.11. The number of hydrogen-bond acceptors (Lipinski definition) is 6. The fourth-order valence-corrected chi connectivity index (χ4v) is 4.21. The molecule has 0 aliphatic carbocycles. The molecule has 0 unspecified atom stereocenters. The molecule has 2 aromatic rings. The molecular formula is C19H26N4O4S. The van der Waals surface area contributed by atoms with Crippen molar-refractivity contribution in [3.05, 3.63) is 47.1 Å². The zero-order valence-electron chi connectivity index (χ0n) is 16.2. The Labute approximate surface area is 165 Å². The summed E-state index contributed by atoms with van der Waals surface area (Å²) < 4.78 is 29.9. The standard InChI is InChI=1S/C19H26N4O4S/c1-14-5-3-4-6-16(14)13-17(24)20-10-7-18-21-19(22-27-18)15-8-11-23(12-9-15)28(2,25)26/h3-6,15H,7-13H2,1-2H3,(H,20,24). The van der Waals surface area contributed by atoms with Crippen LogP contribution >= 0.6 is 0 Å². The van der Waals surface area contributed by atoms with Crippen molar-refractivity contribution >= 4 is 15.9 Å². The van der Waals surface area contributed by atoms with E-state index in [-0.39, 0.29) is 11.8 Å². The SMILES string of the molecule is Cc1ccccc1CC(=O)NCCc1nc(C2CCN(S(C)(=O)=O)CC2)no1. The second kappa shape index (κ2) is 8.83. The Bertz CT molecular complexity index is 918. The van der Waals surface area contributed by atoms with Gasteiger partial charge >= 0.3 is 0 Å². The first-order valence-electron chi connectivity index (χ1n) is 9.41. The third-order valence-corrected chi connectivity index (χ3v) is 6.35. The van der Waals surface area contributed by atoms with Gasteiger partial charge < -0.3 is 9.84 Å². The van der Waals surface area contributed by atoms with Crippen molar-refractivity contribution in [1.29, 1.82) is 0 Å². The van der Waals surface area contributed by atoms with Gasteiger partial charge in [-0.25, -0.2) is 12.7 Å². The highest BCUT2D eigenvalue weighted by atomic mass is 32.2. The van der Waals surface area contributed by atoms with Crippen molar-refractivity contribution in [2.45, 2.75) is 38.5 Å². The van der Waals surface area contributed by atoms with Gasteiger partial charge in [-0.05, 0) is 30.9 Å². The number of aromatic nitrogens is 2. The molecule has 0 spiro atoms. The van der Waals surface area contributed by atoms with Crippen LogP contribution in [0.3, 0.4) is 0 Å². The van der Waals surface area contributed by atoms with Gasteiger partial charge in [-0.15, -0.1) is 0 Å². The number of amides is 1. The molecule has 0 atom stereocenters. The Kier molecular flexibility index (Phi) is 6.46. The monoisotopic (exact) mass is 406 g/mol. The van der Waals surface area contributed by atoms with Crippen molar-refractivity contribution in [2.75, 3.05) is 25.9 Å². The number of sulfonamides is 1. The maximum Gasteiger partial charge on any atom is 0.228 e. The summed E-state index contributed by atoms with van der Waals surface area (Å²) in [6.07, 6.45) is 3.40. The Morgan fingerprint density at radius 1 is 1.29 bits per heavy atom. The van der Waals surface area contributed by atoms with Crippen LogP contribution in [-0.2, 0) is 27.7 Å². The summed E-state index contributed by atoms with van der Waals surface area (Å²) >= 11 is 0. The van der Waals surface area contributed by atoms with Crippen LogP contribution in [-0.4, -0.2) is 54.7 Å². The van der Waals surface area contributed by atoms with Gasteiger partial charge in [-0.1, -0.05) is 29.4 Å². The normalized spacial score (nSPS) is 16.2. The number of piperidine rings is 1. The third-order valence-electron chi connectivity index (χ3n) is 5.05. The van der Waals surface area contributed by atoms with E-state index in [2.05, 4.69) is 15.5 Å². The van der Waals surface area contributed by atoms with Gasteiger partial charge in [0.1, 0.15) is 0 Å². The van der Waals surface area contributed by atoms with E-state index in [0.29, 0.717) is 57.0 Å². The largest absolute Gasteiger partial charge is 0.355 e. The molecule has 1 amide bonds. The van der Waals surface area contributed by atoms with Gasteiger partial charge in [0.2, 0.25) is 21.8 Å². The first-order chi connectivity index (χ1) is 13.3. The molecule has 9 heteroatoms. The van der Waals surface area contributed by atoms with E-state index < -0.39 is 10.0 Å². The molecule has 1 aliphatic rings. The zero-order chi connectivity index (χ0) is 20.1. The summed E-state index contributed by atoms with van der Waals surface area (Å²) in [6.45, 7) is 3.37. The molecule has 8 nitrogen and oxygen atoms in total. The van der Waals surface area contributed by atoms with Crippen LogP contribution in [0.2, 0.25) is 0 Å². The molecule has 1 N–H and O–H groups in total. The van der Waals surface area contributed by atoms with Crippen LogP contribution in [0.15, 0.2) is 28.8 Å². The Balaban J connectivity index is 1.44. The predicted octanol–water partition coefficient (Wildman–Crippen LogP) is 1.42. The highest BCUT2D eigenvalue weighted by Crippen LogP contribution is 2.26. The van der Waals surface area contributed by atoms with Crippen LogP contribution < -0.4 is 5.32 Å². The minimum absolute atomic E-state index is 0.0396. The lowest BCUT2D eigenvalue weighted by Crippen LogP contribution is -2.37. The number of aryl methyl sites for hydroxylation is 1. The minimum atomic E-state index is -3.14. The Morgan fingerprint density at radius 3 is 2.68 bits per heavy atom. The topological polar surface area (TPSA) is 105 Å². The molecule has 2 heterocycles. The van der Waals surface area contributed by atoms with Crippen molar-refractivity contribution in [1.82, 2.24) is 19.8 Å². The van der Waals surface area contributed by atoms with Crippen molar-refractivity contribution in [3.63, 3.8) is 0 Å². The number of nitrogens with zero attached hydrogens (tertiary/aromatic N) is 3. The number of benzene rings is 1. The van der Waals surface area contributed by atoms with E-state index in [1.54, 1.807) is 0 Å². The zero-order valence-corrected chi connectivity index (χ0v) is 17.0. The van der Waals surface area contributed by atoms with Gasteiger partial charge in [0.05, 0.1) is 12.7 Å². The summed E-state index contributed by atoms with van der Waals surface area (Å²) in [4.78, 5) is 16.5. The molecule has 1 aromatic heterocycles. The van der Waals surface area contributed by atoms with Crippen molar-refractivity contribution < 1.29 is 17.7 Å². The molecule has 152 valence electrons. The van der Waals surface area contributed by atoms with Crippen molar-refractivity contribution in [2.24, 2.45) is 0 Å². The number of carbonyl (C=O) groups excluding carboxylic acids is 1. The summed E-state index contributed by atoms with van der Waals surface area (Å²) in [5.74, 6) is 1.17. The molecule has 0 bridgehead atoms. The first kappa shape index (κ1) is 20.5. The van der Waals surface area contributed by atoms with Crippen LogP contribution in [0.5, 0.6) is 0 Å². The lowest BCUT2D eigenvalue weighted by Gasteiger charge is -2.28. The first-order valence-corrected chi connectivity index (χ1v) is 11.3. The molecule has 1 fully saturated rings. The minimum Gasteiger partial charge on any atom is -0.355 e. The highest BCUT2D eigenvalue weighted by Gasteiger charge is 2.28. The van der Waals surface area contributed by atoms with E-state index in [0.717, 1.165) is 11.1 Å². The van der Waals surface area contributed by atoms with Crippen LogP contribution in [0.1, 0.15) is 41.6 Å². The van der Waals surface area contributed by atoms with Crippen LogP contribution in [0.25, 0.3) is 0 Å². The maximum absolute atomic E-state index is 12.1. The van der Waals surface area contributed by atoms with Gasteiger partial charge in [0.25, 0.3) is 0 Å². The average molecular weight is 407 g/mol. The van der Waals surface area contributed by atoms with E-state index >= 15 is 0 Å². The fraction of sp³-hybridized carbons (Fsp3) is 0.526. The smallest absolute Gasteiger partial charge is 0.228 e. The number of hydrogen-bond donors (Lipinski definition) is 1.